The molecule has 0 bridgehead atoms. The smallest absolute Gasteiger partial charge is 0.227 e. The van der Waals surface area contributed by atoms with Crippen molar-refractivity contribution in [3.63, 3.8) is 0 Å². The summed E-state index contributed by atoms with van der Waals surface area (Å²) in [6.45, 7) is 8.31. The lowest BCUT2D eigenvalue weighted by atomic mass is 9.98. The van der Waals surface area contributed by atoms with E-state index in [2.05, 4.69) is 41.6 Å². The number of amides is 1. The molecule has 2 N–H and O–H groups in total. The van der Waals surface area contributed by atoms with Gasteiger partial charge in [0.15, 0.2) is 10.7 Å². The maximum Gasteiger partial charge on any atom is 0.227 e. The van der Waals surface area contributed by atoms with E-state index in [0.717, 1.165) is 23.1 Å². The van der Waals surface area contributed by atoms with Crippen LogP contribution in [0.2, 0.25) is 5.02 Å². The Morgan fingerprint density at radius 2 is 1.97 bits per heavy atom. The van der Waals surface area contributed by atoms with Crippen molar-refractivity contribution in [2.75, 3.05) is 5.32 Å². The number of thiocarbonyl (C=S) groups is 1. The molecule has 1 amide bonds. The molecule has 0 aliphatic carbocycles. The molecule has 1 heterocycles. The van der Waals surface area contributed by atoms with Crippen LogP contribution in [0.3, 0.4) is 0 Å². The number of fused-ring (bicyclic) bond motifs is 1. The van der Waals surface area contributed by atoms with Gasteiger partial charge in [-0.25, -0.2) is 4.98 Å². The van der Waals surface area contributed by atoms with Gasteiger partial charge >= 0.3 is 0 Å². The number of carbonyl (C=O) groups excluding carboxylic acids is 1. The van der Waals surface area contributed by atoms with E-state index in [0.29, 0.717) is 28.9 Å². The summed E-state index contributed by atoms with van der Waals surface area (Å²) < 4.78 is 5.95. The van der Waals surface area contributed by atoms with Crippen LogP contribution in [0.15, 0.2) is 40.8 Å². The Morgan fingerprint density at radius 1 is 1.20 bits per heavy atom. The standard InChI is InChI=1S/C23H26ClN3O2S/c1-5-14(4)15-7-9-20-19(11-15)25-22(29-20)16-6-8-17(24)18(12-16)26-23(30)27-21(28)10-13(2)3/h6-9,11-14H,5,10H2,1-4H3,(H2,26,27,28,30)/t14-/m1/s1. The first kappa shape index (κ1) is 22.2. The Hall–Kier alpha value is -2.44. The number of hydrogen-bond donors (Lipinski definition) is 2. The molecule has 2 aromatic carbocycles. The van der Waals surface area contributed by atoms with E-state index >= 15 is 0 Å². The monoisotopic (exact) mass is 443 g/mol. The van der Waals surface area contributed by atoms with Crippen molar-refractivity contribution >= 4 is 51.6 Å². The van der Waals surface area contributed by atoms with Crippen LogP contribution in [0.25, 0.3) is 22.6 Å². The quantitative estimate of drug-likeness (QED) is 0.424. The summed E-state index contributed by atoms with van der Waals surface area (Å²) in [4.78, 5) is 16.6. The molecule has 3 rings (SSSR count). The molecule has 158 valence electrons. The number of halogens is 1. The zero-order valence-electron chi connectivity index (χ0n) is 17.6. The molecular weight excluding hydrogens is 418 g/mol. The normalized spacial score (nSPS) is 12.2. The molecule has 3 aromatic rings. The van der Waals surface area contributed by atoms with Gasteiger partial charge in [0.25, 0.3) is 0 Å². The number of aromatic nitrogens is 1. The Balaban J connectivity index is 1.82. The molecule has 7 heteroatoms. The van der Waals surface area contributed by atoms with Crippen molar-refractivity contribution in [2.45, 2.75) is 46.5 Å². The number of benzene rings is 2. The molecule has 1 atom stereocenters. The second kappa shape index (κ2) is 9.58. The summed E-state index contributed by atoms with van der Waals surface area (Å²) in [7, 11) is 0. The average Bonchev–Trinajstić information content (AvgIpc) is 3.11. The zero-order chi connectivity index (χ0) is 21.8. The van der Waals surface area contributed by atoms with E-state index in [1.54, 1.807) is 6.07 Å². The van der Waals surface area contributed by atoms with Gasteiger partial charge in [-0.2, -0.15) is 0 Å². The summed E-state index contributed by atoms with van der Waals surface area (Å²) >= 11 is 11.6. The molecule has 0 spiro atoms. The van der Waals surface area contributed by atoms with Crippen LogP contribution in [-0.4, -0.2) is 16.0 Å². The number of oxazole rings is 1. The minimum Gasteiger partial charge on any atom is -0.436 e. The van der Waals surface area contributed by atoms with Gasteiger partial charge in [-0.15, -0.1) is 0 Å². The number of carbonyl (C=O) groups is 1. The van der Waals surface area contributed by atoms with Crippen molar-refractivity contribution in [3.8, 4) is 11.5 Å². The van der Waals surface area contributed by atoms with Crippen molar-refractivity contribution in [1.29, 1.82) is 0 Å². The summed E-state index contributed by atoms with van der Waals surface area (Å²) in [6, 6.07) is 11.5. The first-order valence-corrected chi connectivity index (χ1v) is 10.9. The van der Waals surface area contributed by atoms with Crippen LogP contribution >= 0.6 is 23.8 Å². The molecule has 0 saturated carbocycles. The number of hydrogen-bond acceptors (Lipinski definition) is 4. The van der Waals surface area contributed by atoms with Crippen molar-refractivity contribution < 1.29 is 9.21 Å². The summed E-state index contributed by atoms with van der Waals surface area (Å²) in [6.07, 6.45) is 1.47. The molecule has 0 saturated heterocycles. The Kier molecular flexibility index (Phi) is 7.10. The largest absolute Gasteiger partial charge is 0.436 e. The predicted octanol–water partition coefficient (Wildman–Crippen LogP) is 6.52. The number of rotatable bonds is 6. The topological polar surface area (TPSA) is 67.2 Å². The predicted molar refractivity (Wildman–Crippen MR) is 127 cm³/mol. The molecule has 5 nitrogen and oxygen atoms in total. The number of nitrogens with zero attached hydrogens (tertiary/aromatic N) is 1. The SMILES string of the molecule is CC[C@@H](C)c1ccc2oc(-c3ccc(Cl)c(NC(=S)NC(=O)CC(C)C)c3)nc2c1. The fourth-order valence-corrected chi connectivity index (χ4v) is 3.45. The molecule has 0 aliphatic heterocycles. The zero-order valence-corrected chi connectivity index (χ0v) is 19.2. The molecule has 1 aromatic heterocycles. The van der Waals surface area contributed by atoms with Crippen molar-refractivity contribution in [3.05, 3.63) is 47.0 Å². The minimum atomic E-state index is -0.133. The van der Waals surface area contributed by atoms with E-state index in [-0.39, 0.29) is 16.9 Å². The van der Waals surface area contributed by atoms with Crippen LogP contribution in [0.4, 0.5) is 5.69 Å². The van der Waals surface area contributed by atoms with Gasteiger partial charge in [-0.1, -0.05) is 45.4 Å². The van der Waals surface area contributed by atoms with E-state index < -0.39 is 0 Å². The molecule has 30 heavy (non-hydrogen) atoms. The van der Waals surface area contributed by atoms with Crippen LogP contribution < -0.4 is 10.6 Å². The van der Waals surface area contributed by atoms with Crippen LogP contribution in [0.1, 0.15) is 52.0 Å². The van der Waals surface area contributed by atoms with Gasteiger partial charge < -0.3 is 15.1 Å². The molecule has 0 fully saturated rings. The van der Waals surface area contributed by atoms with E-state index in [1.807, 2.05) is 32.0 Å². The van der Waals surface area contributed by atoms with Crippen molar-refractivity contribution in [1.82, 2.24) is 10.3 Å². The van der Waals surface area contributed by atoms with Crippen molar-refractivity contribution in [2.24, 2.45) is 5.92 Å². The Morgan fingerprint density at radius 3 is 2.67 bits per heavy atom. The van der Waals surface area contributed by atoms with E-state index in [4.69, 9.17) is 28.2 Å². The van der Waals surface area contributed by atoms with Crippen LogP contribution in [0, 0.1) is 5.92 Å². The minimum absolute atomic E-state index is 0.133. The highest BCUT2D eigenvalue weighted by Gasteiger charge is 2.14. The lowest BCUT2D eigenvalue weighted by molar-refractivity contribution is -0.120. The first-order chi connectivity index (χ1) is 14.3. The third-order valence-electron chi connectivity index (χ3n) is 4.90. The van der Waals surface area contributed by atoms with Gasteiger partial charge in [0.1, 0.15) is 5.52 Å². The molecule has 0 aliphatic rings. The summed E-state index contributed by atoms with van der Waals surface area (Å²) in [5.41, 5.74) is 4.14. The van der Waals surface area contributed by atoms with E-state index in [1.165, 1.54) is 5.56 Å². The highest BCUT2D eigenvalue weighted by atomic mass is 35.5. The fraction of sp³-hybridized carbons (Fsp3) is 0.348. The first-order valence-electron chi connectivity index (χ1n) is 10.1. The van der Waals surface area contributed by atoms with Crippen LogP contribution in [0.5, 0.6) is 0 Å². The van der Waals surface area contributed by atoms with Gasteiger partial charge in [0.05, 0.1) is 10.7 Å². The highest BCUT2D eigenvalue weighted by molar-refractivity contribution is 7.80. The number of anilines is 1. The van der Waals surface area contributed by atoms with E-state index in [9.17, 15) is 4.79 Å². The lowest BCUT2D eigenvalue weighted by Crippen LogP contribution is -2.34. The summed E-state index contributed by atoms with van der Waals surface area (Å²) in [5.74, 6) is 1.08. The second-order valence-electron chi connectivity index (χ2n) is 7.85. The van der Waals surface area contributed by atoms with Gasteiger partial charge in [-0.05, 0) is 66.4 Å². The Bertz CT molecular complexity index is 1080. The summed E-state index contributed by atoms with van der Waals surface area (Å²) in [5, 5.41) is 6.35. The molecular formula is C23H26ClN3O2S. The average molecular weight is 444 g/mol. The van der Waals surface area contributed by atoms with Crippen LogP contribution in [-0.2, 0) is 4.79 Å². The van der Waals surface area contributed by atoms with Gasteiger partial charge in [-0.3, -0.25) is 4.79 Å². The van der Waals surface area contributed by atoms with Gasteiger partial charge in [0, 0.05) is 12.0 Å². The Labute approximate surface area is 187 Å². The second-order valence-corrected chi connectivity index (χ2v) is 8.67. The maximum absolute atomic E-state index is 11.9. The fourth-order valence-electron chi connectivity index (χ4n) is 3.07. The number of nitrogens with one attached hydrogen (secondary N) is 2. The molecule has 0 radical (unpaired) electrons. The third-order valence-corrected chi connectivity index (χ3v) is 5.43. The van der Waals surface area contributed by atoms with Gasteiger partial charge in [0.2, 0.25) is 11.8 Å². The lowest BCUT2D eigenvalue weighted by Gasteiger charge is -2.12. The third kappa shape index (κ3) is 5.37. The maximum atomic E-state index is 11.9. The highest BCUT2D eigenvalue weighted by Crippen LogP contribution is 2.31. The molecule has 0 unspecified atom stereocenters.